The van der Waals surface area contributed by atoms with Crippen molar-refractivity contribution in [1.82, 2.24) is 16.0 Å². The lowest BCUT2D eigenvalue weighted by atomic mass is 9.88. The highest BCUT2D eigenvalue weighted by Crippen LogP contribution is 2.20. The van der Waals surface area contributed by atoms with Crippen LogP contribution in [0, 0.1) is 17.8 Å². The van der Waals surface area contributed by atoms with Crippen LogP contribution in [0.5, 0.6) is 0 Å². The number of carbonyl (C=O) groups excluding carboxylic acids is 5. The minimum atomic E-state index is -0.869. The van der Waals surface area contributed by atoms with Gasteiger partial charge in [-0.15, -0.1) is 0 Å². The average Bonchev–Trinajstić information content (AvgIpc) is 3.41. The summed E-state index contributed by atoms with van der Waals surface area (Å²) in [5, 5.41) is 8.44. The van der Waals surface area contributed by atoms with Crippen LogP contribution in [0.2, 0.25) is 0 Å². The average molecular weight is 606 g/mol. The van der Waals surface area contributed by atoms with E-state index in [1.807, 2.05) is 74.5 Å². The van der Waals surface area contributed by atoms with Crippen molar-refractivity contribution < 1.29 is 33.4 Å². The van der Waals surface area contributed by atoms with Gasteiger partial charge in [-0.05, 0) is 43.2 Å². The van der Waals surface area contributed by atoms with Gasteiger partial charge in [0.15, 0.2) is 5.78 Å². The van der Waals surface area contributed by atoms with E-state index < -0.39 is 36.0 Å². The lowest BCUT2D eigenvalue weighted by Gasteiger charge is -2.25. The summed E-state index contributed by atoms with van der Waals surface area (Å²) in [6, 6.07) is 17.0. The zero-order chi connectivity index (χ0) is 31.9. The molecule has 0 spiro atoms. The second-order valence-electron chi connectivity index (χ2n) is 11.2. The number of ketones is 1. The number of carbonyl (C=O) groups is 5. The normalized spacial score (nSPS) is 16.5. The largest absolute Gasteiger partial charge is 0.463 e. The molecule has 0 aromatic heterocycles. The van der Waals surface area contributed by atoms with Crippen LogP contribution in [0.25, 0.3) is 0 Å². The van der Waals surface area contributed by atoms with Gasteiger partial charge < -0.3 is 25.4 Å². The van der Waals surface area contributed by atoms with E-state index in [1.165, 1.54) is 12.2 Å². The highest BCUT2D eigenvalue weighted by Gasteiger charge is 2.32. The minimum Gasteiger partial charge on any atom is -0.463 e. The molecule has 236 valence electrons. The molecule has 3 amide bonds. The molecule has 1 aliphatic heterocycles. The Balaban J connectivity index is 1.75. The molecular formula is C34H43N3O7. The van der Waals surface area contributed by atoms with Crippen LogP contribution >= 0.6 is 0 Å². The summed E-state index contributed by atoms with van der Waals surface area (Å²) >= 11 is 0. The van der Waals surface area contributed by atoms with E-state index in [9.17, 15) is 24.0 Å². The van der Waals surface area contributed by atoms with E-state index in [4.69, 9.17) is 9.47 Å². The van der Waals surface area contributed by atoms with Gasteiger partial charge in [0.05, 0.1) is 12.6 Å². The van der Waals surface area contributed by atoms with Crippen molar-refractivity contribution in [3.63, 3.8) is 0 Å². The van der Waals surface area contributed by atoms with E-state index in [1.54, 1.807) is 6.92 Å². The van der Waals surface area contributed by atoms with Crippen molar-refractivity contribution in [1.29, 1.82) is 0 Å². The first kappa shape index (κ1) is 34.0. The molecule has 1 saturated heterocycles. The third-order valence-electron chi connectivity index (χ3n) is 7.42. The standard InChI is InChI=1S/C34H43N3O7/c1-4-43-30(39)16-15-28(20-26-17-18-35-32(26)40)36-33(41)27(19-24-11-7-5-8-12-24)21-29(38)31(23(2)3)37-34(42)44-22-25-13-9-6-10-14-25/h5-16,23,26-28,31H,4,17-22H2,1-3H3,(H,35,40)(H,36,41)(H,37,42)/b16-15+/t26-,27+,28+,31-/m0/s1. The summed E-state index contributed by atoms with van der Waals surface area (Å²) in [4.78, 5) is 64.3. The quantitative estimate of drug-likeness (QED) is 0.195. The maximum atomic E-state index is 13.8. The number of hydrogen-bond acceptors (Lipinski definition) is 7. The lowest BCUT2D eigenvalue weighted by Crippen LogP contribution is -2.47. The predicted molar refractivity (Wildman–Crippen MR) is 165 cm³/mol. The molecule has 0 unspecified atom stereocenters. The predicted octanol–water partition coefficient (Wildman–Crippen LogP) is 3.89. The molecule has 0 bridgehead atoms. The third-order valence-corrected chi connectivity index (χ3v) is 7.42. The van der Waals surface area contributed by atoms with E-state index in [0.29, 0.717) is 19.4 Å². The molecular weight excluding hydrogens is 562 g/mol. The van der Waals surface area contributed by atoms with Crippen LogP contribution in [0.4, 0.5) is 4.79 Å². The number of esters is 1. The first-order chi connectivity index (χ1) is 21.2. The maximum absolute atomic E-state index is 13.8. The van der Waals surface area contributed by atoms with Gasteiger partial charge in [-0.25, -0.2) is 9.59 Å². The van der Waals surface area contributed by atoms with Crippen LogP contribution in [-0.4, -0.2) is 54.9 Å². The summed E-state index contributed by atoms with van der Waals surface area (Å²) in [6.07, 6.45) is 3.11. The molecule has 2 aromatic rings. The number of rotatable bonds is 16. The summed E-state index contributed by atoms with van der Waals surface area (Å²) < 4.78 is 10.3. The van der Waals surface area contributed by atoms with Crippen LogP contribution in [0.1, 0.15) is 51.2 Å². The first-order valence-electron chi connectivity index (χ1n) is 15.1. The van der Waals surface area contributed by atoms with Crippen molar-refractivity contribution in [2.75, 3.05) is 13.2 Å². The van der Waals surface area contributed by atoms with Crippen molar-refractivity contribution in [2.45, 2.75) is 65.1 Å². The molecule has 10 heteroatoms. The Kier molecular flexibility index (Phi) is 13.6. The molecule has 1 heterocycles. The molecule has 1 aliphatic rings. The smallest absolute Gasteiger partial charge is 0.408 e. The Labute approximate surface area is 259 Å². The van der Waals surface area contributed by atoms with Crippen molar-refractivity contribution >= 4 is 29.7 Å². The first-order valence-corrected chi connectivity index (χ1v) is 15.1. The van der Waals surface area contributed by atoms with Gasteiger partial charge in [-0.3, -0.25) is 14.4 Å². The molecule has 4 atom stereocenters. The second-order valence-corrected chi connectivity index (χ2v) is 11.2. The van der Waals surface area contributed by atoms with Crippen LogP contribution in [0.15, 0.2) is 72.8 Å². The van der Waals surface area contributed by atoms with Gasteiger partial charge in [0.2, 0.25) is 11.8 Å². The molecule has 0 saturated carbocycles. The lowest BCUT2D eigenvalue weighted by molar-refractivity contribution is -0.137. The van der Waals surface area contributed by atoms with Crippen LogP contribution in [-0.2, 0) is 41.7 Å². The molecule has 3 rings (SSSR count). The number of Topliss-reactive ketones (excluding diaryl/α,β-unsaturated/α-hetero) is 1. The molecule has 1 fully saturated rings. The highest BCUT2D eigenvalue weighted by atomic mass is 16.5. The number of benzene rings is 2. The second kappa shape index (κ2) is 17.6. The van der Waals surface area contributed by atoms with Gasteiger partial charge in [0, 0.05) is 36.9 Å². The Hall–Kier alpha value is -4.47. The zero-order valence-corrected chi connectivity index (χ0v) is 25.6. The topological polar surface area (TPSA) is 140 Å². The SMILES string of the molecule is CCOC(=O)/C=C/[C@H](C[C@@H]1CCNC1=O)NC(=O)[C@@H](CC(=O)[C@@H](NC(=O)OCc1ccccc1)C(C)C)Cc1ccccc1. The number of ether oxygens (including phenoxy) is 2. The van der Waals surface area contributed by atoms with E-state index in [0.717, 1.165) is 11.1 Å². The minimum absolute atomic E-state index is 0.0600. The Morgan fingerprint density at radius 2 is 1.61 bits per heavy atom. The molecule has 2 aromatic carbocycles. The van der Waals surface area contributed by atoms with Crippen molar-refractivity contribution in [3.05, 3.63) is 83.9 Å². The van der Waals surface area contributed by atoms with Crippen LogP contribution < -0.4 is 16.0 Å². The van der Waals surface area contributed by atoms with E-state index in [2.05, 4.69) is 16.0 Å². The molecule has 10 nitrogen and oxygen atoms in total. The van der Waals surface area contributed by atoms with E-state index >= 15 is 0 Å². The van der Waals surface area contributed by atoms with E-state index in [-0.39, 0.29) is 49.6 Å². The monoisotopic (exact) mass is 605 g/mol. The third kappa shape index (κ3) is 11.3. The fourth-order valence-corrected chi connectivity index (χ4v) is 5.08. The summed E-state index contributed by atoms with van der Waals surface area (Å²) in [5.74, 6) is -2.71. The van der Waals surface area contributed by atoms with Crippen molar-refractivity contribution in [2.24, 2.45) is 17.8 Å². The Bertz CT molecular complexity index is 1280. The van der Waals surface area contributed by atoms with Gasteiger partial charge in [-0.2, -0.15) is 0 Å². The van der Waals surface area contributed by atoms with Gasteiger partial charge in [0.1, 0.15) is 6.61 Å². The highest BCUT2D eigenvalue weighted by molar-refractivity contribution is 5.92. The van der Waals surface area contributed by atoms with Gasteiger partial charge in [0.25, 0.3) is 0 Å². The number of hydrogen-bond donors (Lipinski definition) is 3. The van der Waals surface area contributed by atoms with Gasteiger partial charge >= 0.3 is 12.1 Å². The molecule has 0 radical (unpaired) electrons. The number of nitrogens with one attached hydrogen (secondary N) is 3. The maximum Gasteiger partial charge on any atom is 0.408 e. The van der Waals surface area contributed by atoms with Crippen molar-refractivity contribution in [3.8, 4) is 0 Å². The fourth-order valence-electron chi connectivity index (χ4n) is 5.08. The van der Waals surface area contributed by atoms with Crippen LogP contribution in [0.3, 0.4) is 0 Å². The fraction of sp³-hybridized carbons (Fsp3) is 0.441. The van der Waals surface area contributed by atoms with Gasteiger partial charge in [-0.1, -0.05) is 80.6 Å². The summed E-state index contributed by atoms with van der Waals surface area (Å²) in [5.41, 5.74) is 1.68. The molecule has 3 N–H and O–H groups in total. The molecule has 44 heavy (non-hydrogen) atoms. The number of amides is 3. The zero-order valence-electron chi connectivity index (χ0n) is 25.6. The molecule has 0 aliphatic carbocycles. The number of alkyl carbamates (subject to hydrolysis) is 1. The summed E-state index contributed by atoms with van der Waals surface area (Å²) in [6.45, 7) is 6.14. The Morgan fingerprint density at radius 3 is 2.20 bits per heavy atom. The Morgan fingerprint density at radius 1 is 0.955 bits per heavy atom. The summed E-state index contributed by atoms with van der Waals surface area (Å²) in [7, 11) is 0.